The maximum atomic E-state index is 12.0. The molecule has 0 saturated heterocycles. The minimum absolute atomic E-state index is 0.169. The Morgan fingerprint density at radius 1 is 1.07 bits per heavy atom. The predicted molar refractivity (Wildman–Crippen MR) is 113 cm³/mol. The summed E-state index contributed by atoms with van der Waals surface area (Å²) >= 11 is 6.02. The molecule has 0 unspecified atom stereocenters. The first-order chi connectivity index (χ1) is 13.3. The van der Waals surface area contributed by atoms with Crippen molar-refractivity contribution in [3.63, 3.8) is 0 Å². The molecule has 0 bridgehead atoms. The third-order valence-electron chi connectivity index (χ3n) is 4.15. The van der Waals surface area contributed by atoms with Crippen LogP contribution in [0.4, 0.5) is 0 Å². The lowest BCUT2D eigenvalue weighted by Crippen LogP contribution is -2.30. The Balaban J connectivity index is 1.79. The summed E-state index contributed by atoms with van der Waals surface area (Å²) < 4.78 is 4.98. The van der Waals surface area contributed by atoms with Crippen molar-refractivity contribution < 1.29 is 14.3 Å². The van der Waals surface area contributed by atoms with Crippen LogP contribution in [0.1, 0.15) is 43.5 Å². The van der Waals surface area contributed by atoms with Crippen molar-refractivity contribution in [2.45, 2.75) is 33.2 Å². The van der Waals surface area contributed by atoms with Crippen molar-refractivity contribution >= 4 is 29.6 Å². The second-order valence-electron chi connectivity index (χ2n) is 7.09. The molecular formula is C23H26ClNO3. The standard InChI is InChI=1S/C23H26ClNO3/c1-16(2)14-18-8-10-19(11-9-18)17(3)25-22(26)15-28-23(27)13-12-20-6-4-5-7-21(20)24/h4-13,16-17H,14-15H2,1-3H3,(H,25,26)/b13-12+/t17-/m0/s1. The lowest BCUT2D eigenvalue weighted by Gasteiger charge is -2.15. The fourth-order valence-electron chi connectivity index (χ4n) is 2.73. The Morgan fingerprint density at radius 2 is 1.75 bits per heavy atom. The first kappa shape index (κ1) is 21.7. The molecule has 1 N–H and O–H groups in total. The molecule has 1 atom stereocenters. The van der Waals surface area contributed by atoms with Gasteiger partial charge in [-0.1, -0.05) is 67.9 Å². The van der Waals surface area contributed by atoms with Gasteiger partial charge < -0.3 is 10.1 Å². The molecular weight excluding hydrogens is 374 g/mol. The minimum atomic E-state index is -0.597. The van der Waals surface area contributed by atoms with E-state index in [1.807, 2.05) is 25.1 Å². The molecule has 2 aromatic carbocycles. The van der Waals surface area contributed by atoms with Crippen molar-refractivity contribution in [3.8, 4) is 0 Å². The zero-order valence-corrected chi connectivity index (χ0v) is 17.2. The third kappa shape index (κ3) is 7.20. The van der Waals surface area contributed by atoms with Gasteiger partial charge in [0.15, 0.2) is 6.61 Å². The summed E-state index contributed by atoms with van der Waals surface area (Å²) in [5.41, 5.74) is 2.99. The van der Waals surface area contributed by atoms with E-state index in [0.717, 1.165) is 12.0 Å². The number of ether oxygens (including phenoxy) is 1. The van der Waals surface area contributed by atoms with Crippen LogP contribution in [0.5, 0.6) is 0 Å². The number of carbonyl (C=O) groups is 2. The van der Waals surface area contributed by atoms with E-state index < -0.39 is 5.97 Å². The van der Waals surface area contributed by atoms with Crippen molar-refractivity contribution in [1.82, 2.24) is 5.32 Å². The van der Waals surface area contributed by atoms with Gasteiger partial charge in [0, 0.05) is 11.1 Å². The highest BCUT2D eigenvalue weighted by Crippen LogP contribution is 2.17. The fraction of sp³-hybridized carbons (Fsp3) is 0.304. The molecule has 0 fully saturated rings. The zero-order valence-electron chi connectivity index (χ0n) is 16.4. The number of hydrogen-bond acceptors (Lipinski definition) is 3. The third-order valence-corrected chi connectivity index (χ3v) is 4.50. The first-order valence-corrected chi connectivity index (χ1v) is 9.70. The number of rotatable bonds is 8. The molecule has 0 radical (unpaired) electrons. The van der Waals surface area contributed by atoms with Crippen LogP contribution in [0, 0.1) is 5.92 Å². The van der Waals surface area contributed by atoms with E-state index in [1.54, 1.807) is 24.3 Å². The van der Waals surface area contributed by atoms with Crippen molar-refractivity contribution in [1.29, 1.82) is 0 Å². The van der Waals surface area contributed by atoms with Crippen LogP contribution in [-0.4, -0.2) is 18.5 Å². The predicted octanol–water partition coefficient (Wildman–Crippen LogP) is 4.97. The van der Waals surface area contributed by atoms with Gasteiger partial charge in [0.05, 0.1) is 6.04 Å². The van der Waals surface area contributed by atoms with E-state index in [0.29, 0.717) is 16.5 Å². The van der Waals surface area contributed by atoms with Gasteiger partial charge in [-0.05, 0) is 48.1 Å². The molecule has 4 nitrogen and oxygen atoms in total. The van der Waals surface area contributed by atoms with Crippen LogP contribution in [0.2, 0.25) is 5.02 Å². The van der Waals surface area contributed by atoms with Crippen LogP contribution < -0.4 is 5.32 Å². The summed E-state index contributed by atoms with van der Waals surface area (Å²) in [6.07, 6.45) is 3.84. The van der Waals surface area contributed by atoms with Gasteiger partial charge in [-0.3, -0.25) is 4.79 Å². The van der Waals surface area contributed by atoms with Gasteiger partial charge in [0.1, 0.15) is 0 Å². The Hall–Kier alpha value is -2.59. The van der Waals surface area contributed by atoms with Crippen molar-refractivity contribution in [2.24, 2.45) is 5.92 Å². The molecule has 0 aliphatic heterocycles. The summed E-state index contributed by atoms with van der Waals surface area (Å²) in [5.74, 6) is -0.344. The van der Waals surface area contributed by atoms with Crippen molar-refractivity contribution in [3.05, 3.63) is 76.3 Å². The average Bonchev–Trinajstić information content (AvgIpc) is 2.65. The van der Waals surface area contributed by atoms with Crippen LogP contribution in [0.3, 0.4) is 0 Å². The summed E-state index contributed by atoms with van der Waals surface area (Å²) in [6, 6.07) is 15.2. The fourth-order valence-corrected chi connectivity index (χ4v) is 2.93. The second kappa shape index (κ2) is 10.7. The Kier molecular flexibility index (Phi) is 8.27. The SMILES string of the molecule is CC(C)Cc1ccc([C@H](C)NC(=O)COC(=O)/C=C/c2ccccc2Cl)cc1. The Labute approximate surface area is 171 Å². The molecule has 0 saturated carbocycles. The largest absolute Gasteiger partial charge is 0.452 e. The molecule has 1 amide bonds. The maximum Gasteiger partial charge on any atom is 0.331 e. The normalized spacial score (nSPS) is 12.2. The first-order valence-electron chi connectivity index (χ1n) is 9.32. The van der Waals surface area contributed by atoms with Gasteiger partial charge in [-0.15, -0.1) is 0 Å². The number of nitrogens with one attached hydrogen (secondary N) is 1. The smallest absolute Gasteiger partial charge is 0.331 e. The molecule has 0 spiro atoms. The topological polar surface area (TPSA) is 55.4 Å². The molecule has 0 heterocycles. The summed E-state index contributed by atoms with van der Waals surface area (Å²) in [5, 5.41) is 3.37. The number of amides is 1. The van der Waals surface area contributed by atoms with Gasteiger partial charge in [0.2, 0.25) is 0 Å². The molecule has 148 valence electrons. The molecule has 0 aliphatic rings. The van der Waals surface area contributed by atoms with E-state index >= 15 is 0 Å². The van der Waals surface area contributed by atoms with E-state index in [9.17, 15) is 9.59 Å². The number of esters is 1. The molecule has 2 rings (SSSR count). The summed E-state index contributed by atoms with van der Waals surface area (Å²) in [6.45, 7) is 5.93. The molecule has 0 aliphatic carbocycles. The lowest BCUT2D eigenvalue weighted by atomic mass is 10.00. The Bertz CT molecular complexity index is 828. The van der Waals surface area contributed by atoms with Crippen LogP contribution in [0.15, 0.2) is 54.6 Å². The molecule has 0 aromatic heterocycles. The molecule has 28 heavy (non-hydrogen) atoms. The van der Waals surface area contributed by atoms with Crippen LogP contribution >= 0.6 is 11.6 Å². The number of carbonyl (C=O) groups excluding carboxylic acids is 2. The Morgan fingerprint density at radius 3 is 2.39 bits per heavy atom. The van der Waals surface area contributed by atoms with Gasteiger partial charge in [-0.2, -0.15) is 0 Å². The maximum absolute atomic E-state index is 12.0. The quantitative estimate of drug-likeness (QED) is 0.503. The monoisotopic (exact) mass is 399 g/mol. The van der Waals surface area contributed by atoms with Gasteiger partial charge in [0.25, 0.3) is 5.91 Å². The lowest BCUT2D eigenvalue weighted by molar-refractivity contribution is -0.144. The highest BCUT2D eigenvalue weighted by Gasteiger charge is 2.11. The summed E-state index contributed by atoms with van der Waals surface area (Å²) in [7, 11) is 0. The number of benzene rings is 2. The number of hydrogen-bond donors (Lipinski definition) is 1. The van der Waals surface area contributed by atoms with E-state index in [-0.39, 0.29) is 18.6 Å². The summed E-state index contributed by atoms with van der Waals surface area (Å²) in [4.78, 5) is 23.8. The second-order valence-corrected chi connectivity index (χ2v) is 7.50. The highest BCUT2D eigenvalue weighted by atomic mass is 35.5. The van der Waals surface area contributed by atoms with E-state index in [4.69, 9.17) is 16.3 Å². The molecule has 5 heteroatoms. The van der Waals surface area contributed by atoms with Crippen molar-refractivity contribution in [2.75, 3.05) is 6.61 Å². The van der Waals surface area contributed by atoms with Crippen LogP contribution in [0.25, 0.3) is 6.08 Å². The number of halogens is 1. The van der Waals surface area contributed by atoms with E-state index in [1.165, 1.54) is 11.6 Å². The molecule has 2 aromatic rings. The zero-order chi connectivity index (χ0) is 20.5. The average molecular weight is 400 g/mol. The minimum Gasteiger partial charge on any atom is -0.452 e. The highest BCUT2D eigenvalue weighted by molar-refractivity contribution is 6.32. The van der Waals surface area contributed by atoms with E-state index in [2.05, 4.69) is 31.3 Å². The van der Waals surface area contributed by atoms with Gasteiger partial charge in [-0.25, -0.2) is 4.79 Å². The van der Waals surface area contributed by atoms with Crippen LogP contribution in [-0.2, 0) is 20.7 Å². The van der Waals surface area contributed by atoms with Gasteiger partial charge >= 0.3 is 5.97 Å².